The van der Waals surface area contributed by atoms with E-state index in [-0.39, 0.29) is 17.4 Å². The smallest absolute Gasteiger partial charge is 0.298 e. The third-order valence-corrected chi connectivity index (χ3v) is 5.35. The molecule has 0 radical (unpaired) electrons. The second-order valence-electron chi connectivity index (χ2n) is 8.14. The molecule has 10 nitrogen and oxygen atoms in total. The first kappa shape index (κ1) is 27.1. The molecule has 1 aromatic carbocycles. The van der Waals surface area contributed by atoms with Crippen LogP contribution in [0.5, 0.6) is 0 Å². The number of benzene rings is 1. The summed E-state index contributed by atoms with van der Waals surface area (Å²) in [6.45, 7) is 5.55. The van der Waals surface area contributed by atoms with Crippen LogP contribution in [0, 0.1) is 11.8 Å². The Balaban J connectivity index is 2.11. The number of likely N-dealkylation sites (N-methyl/N-ethyl adjacent to an activating group) is 1. The Morgan fingerprint density at radius 1 is 1.17 bits per heavy atom. The third-order valence-electron chi connectivity index (χ3n) is 5.35. The molecule has 0 aliphatic carbocycles. The van der Waals surface area contributed by atoms with Crippen molar-refractivity contribution in [2.45, 2.75) is 39.7 Å². The maximum Gasteiger partial charge on any atom is 0.298 e. The predicted octanol–water partition coefficient (Wildman–Crippen LogP) is 1.48. The molecule has 1 aromatic heterocycles. The van der Waals surface area contributed by atoms with Gasteiger partial charge in [0.05, 0.1) is 5.69 Å². The molecule has 0 unspecified atom stereocenters. The molecule has 0 aliphatic heterocycles. The first-order valence-electron chi connectivity index (χ1n) is 11.3. The van der Waals surface area contributed by atoms with Crippen molar-refractivity contribution in [3.8, 4) is 11.8 Å². The minimum atomic E-state index is -0.665. The van der Waals surface area contributed by atoms with Crippen LogP contribution in [0.4, 0.5) is 17.3 Å². The lowest BCUT2D eigenvalue weighted by molar-refractivity contribution is -0.134. The minimum absolute atomic E-state index is 0.0746. The van der Waals surface area contributed by atoms with Crippen LogP contribution >= 0.6 is 0 Å². The summed E-state index contributed by atoms with van der Waals surface area (Å²) in [6, 6.07) is 6.90. The van der Waals surface area contributed by atoms with Crippen molar-refractivity contribution in [2.75, 3.05) is 37.9 Å². The van der Waals surface area contributed by atoms with Crippen LogP contribution in [-0.2, 0) is 22.4 Å². The van der Waals surface area contributed by atoms with Crippen molar-refractivity contribution in [3.05, 3.63) is 41.2 Å². The van der Waals surface area contributed by atoms with Gasteiger partial charge in [0.15, 0.2) is 17.3 Å². The fraction of sp³-hybridized carbons (Fsp3) is 0.400. The van der Waals surface area contributed by atoms with E-state index >= 15 is 0 Å². The van der Waals surface area contributed by atoms with Gasteiger partial charge in [-0.25, -0.2) is 9.97 Å². The molecule has 186 valence electrons. The SMILES string of the molecule is CC#CC(=O)N(C)[C@@H](C)C(=O)NCCc1cccc(Nc2nc(N(C)C)c(CC)nc2C(N)=O)c1. The molecule has 35 heavy (non-hydrogen) atoms. The van der Waals surface area contributed by atoms with Crippen molar-refractivity contribution in [2.24, 2.45) is 5.73 Å². The monoisotopic (exact) mass is 479 g/mol. The highest BCUT2D eigenvalue weighted by Crippen LogP contribution is 2.24. The Morgan fingerprint density at radius 3 is 2.49 bits per heavy atom. The van der Waals surface area contributed by atoms with Gasteiger partial charge in [-0.05, 0) is 50.3 Å². The molecule has 3 amide bonds. The van der Waals surface area contributed by atoms with E-state index in [4.69, 9.17) is 5.73 Å². The highest BCUT2D eigenvalue weighted by Gasteiger charge is 2.21. The fourth-order valence-electron chi connectivity index (χ4n) is 3.28. The number of carbonyl (C=O) groups is 3. The second-order valence-corrected chi connectivity index (χ2v) is 8.14. The first-order chi connectivity index (χ1) is 16.6. The summed E-state index contributed by atoms with van der Waals surface area (Å²) in [5, 5.41) is 6.00. The van der Waals surface area contributed by atoms with E-state index in [2.05, 4.69) is 32.4 Å². The van der Waals surface area contributed by atoms with Gasteiger partial charge in [0.1, 0.15) is 6.04 Å². The maximum atomic E-state index is 12.4. The average Bonchev–Trinajstić information content (AvgIpc) is 2.82. The van der Waals surface area contributed by atoms with E-state index in [0.29, 0.717) is 36.6 Å². The normalized spacial score (nSPS) is 11.0. The topological polar surface area (TPSA) is 134 Å². The van der Waals surface area contributed by atoms with Crippen LogP contribution in [0.15, 0.2) is 24.3 Å². The number of aromatic nitrogens is 2. The quantitative estimate of drug-likeness (QED) is 0.440. The minimum Gasteiger partial charge on any atom is -0.364 e. The molecule has 4 N–H and O–H groups in total. The van der Waals surface area contributed by atoms with Crippen LogP contribution < -0.4 is 21.3 Å². The summed E-state index contributed by atoms with van der Waals surface area (Å²) in [6.07, 6.45) is 1.17. The molecular weight excluding hydrogens is 446 g/mol. The molecule has 1 heterocycles. The van der Waals surface area contributed by atoms with Gasteiger partial charge >= 0.3 is 0 Å². The lowest BCUT2D eigenvalue weighted by Gasteiger charge is -2.22. The molecule has 2 rings (SSSR count). The summed E-state index contributed by atoms with van der Waals surface area (Å²) in [5.74, 6) is 4.56. The number of anilines is 3. The van der Waals surface area contributed by atoms with Gasteiger partial charge in [-0.2, -0.15) is 0 Å². The van der Waals surface area contributed by atoms with Gasteiger partial charge in [-0.3, -0.25) is 14.4 Å². The van der Waals surface area contributed by atoms with Crippen molar-refractivity contribution in [3.63, 3.8) is 0 Å². The average molecular weight is 480 g/mol. The van der Waals surface area contributed by atoms with Gasteiger partial charge in [0, 0.05) is 33.4 Å². The Bertz CT molecular complexity index is 1150. The van der Waals surface area contributed by atoms with Gasteiger partial charge in [0.2, 0.25) is 5.91 Å². The Morgan fingerprint density at radius 2 is 1.89 bits per heavy atom. The first-order valence-corrected chi connectivity index (χ1v) is 11.3. The van der Waals surface area contributed by atoms with E-state index in [9.17, 15) is 14.4 Å². The van der Waals surface area contributed by atoms with Crippen molar-refractivity contribution < 1.29 is 14.4 Å². The number of hydrogen-bond acceptors (Lipinski definition) is 7. The zero-order chi connectivity index (χ0) is 26.1. The van der Waals surface area contributed by atoms with E-state index in [1.807, 2.05) is 50.2 Å². The number of nitrogens with zero attached hydrogens (tertiary/aromatic N) is 4. The molecular formula is C25H33N7O3. The van der Waals surface area contributed by atoms with E-state index in [0.717, 1.165) is 5.56 Å². The molecule has 0 fully saturated rings. The lowest BCUT2D eigenvalue weighted by atomic mass is 10.1. The molecule has 2 aromatic rings. The maximum absolute atomic E-state index is 12.4. The van der Waals surface area contributed by atoms with Crippen molar-refractivity contribution in [1.29, 1.82) is 0 Å². The number of aryl methyl sites for hydroxylation is 1. The summed E-state index contributed by atoms with van der Waals surface area (Å²) in [5.41, 5.74) is 7.97. The van der Waals surface area contributed by atoms with Gasteiger partial charge < -0.3 is 26.2 Å². The van der Waals surface area contributed by atoms with Gasteiger partial charge in [-0.15, -0.1) is 0 Å². The third kappa shape index (κ3) is 7.17. The highest BCUT2D eigenvalue weighted by molar-refractivity contribution is 5.97. The summed E-state index contributed by atoms with van der Waals surface area (Å²) in [7, 11) is 5.26. The number of hydrogen-bond donors (Lipinski definition) is 3. The van der Waals surface area contributed by atoms with Crippen LogP contribution in [0.1, 0.15) is 42.5 Å². The van der Waals surface area contributed by atoms with E-state index < -0.39 is 17.9 Å². The highest BCUT2D eigenvalue weighted by atomic mass is 16.2. The molecule has 1 atom stereocenters. The Hall–Kier alpha value is -4.13. The lowest BCUT2D eigenvalue weighted by Crippen LogP contribution is -2.46. The fourth-order valence-corrected chi connectivity index (χ4v) is 3.28. The number of nitrogens with two attached hydrogens (primary N) is 1. The molecule has 10 heteroatoms. The van der Waals surface area contributed by atoms with Gasteiger partial charge in [-0.1, -0.05) is 25.0 Å². The second kappa shape index (κ2) is 12.4. The summed E-state index contributed by atoms with van der Waals surface area (Å²) in [4.78, 5) is 48.4. The molecule has 0 aliphatic rings. The van der Waals surface area contributed by atoms with E-state index in [1.54, 1.807) is 20.9 Å². The summed E-state index contributed by atoms with van der Waals surface area (Å²) < 4.78 is 0. The molecule has 0 saturated heterocycles. The van der Waals surface area contributed by atoms with E-state index in [1.165, 1.54) is 4.90 Å². The van der Waals surface area contributed by atoms with Crippen LogP contribution in [0.2, 0.25) is 0 Å². The standard InChI is InChI=1S/C25H33N7O3/c1-7-10-20(33)32(6)16(3)25(35)27-14-13-17-11-9-12-18(15-17)28-23-21(22(26)34)29-19(8-2)24(30-23)31(4)5/h9,11-12,15-16H,8,13-14H2,1-6H3,(H2,26,34)(H,27,35)(H,28,30)/t16-/m0/s1. The molecule has 0 saturated carbocycles. The largest absolute Gasteiger partial charge is 0.364 e. The van der Waals surface area contributed by atoms with Gasteiger partial charge in [0.25, 0.3) is 11.8 Å². The molecule has 0 bridgehead atoms. The van der Waals surface area contributed by atoms with Crippen LogP contribution in [0.3, 0.4) is 0 Å². The predicted molar refractivity (Wildman–Crippen MR) is 136 cm³/mol. The number of nitrogens with one attached hydrogen (secondary N) is 2. The van der Waals surface area contributed by atoms with Crippen LogP contribution in [0.25, 0.3) is 0 Å². The van der Waals surface area contributed by atoms with Crippen LogP contribution in [-0.4, -0.2) is 66.3 Å². The zero-order valence-corrected chi connectivity index (χ0v) is 21.1. The Labute approximate surface area is 206 Å². The number of amides is 3. The number of primary amides is 1. The molecule has 0 spiro atoms. The van der Waals surface area contributed by atoms with Crippen molar-refractivity contribution >= 4 is 35.0 Å². The zero-order valence-electron chi connectivity index (χ0n) is 21.1. The van der Waals surface area contributed by atoms with Crippen molar-refractivity contribution in [1.82, 2.24) is 20.2 Å². The Kier molecular flexibility index (Phi) is 9.58. The number of rotatable bonds is 10. The number of carbonyl (C=O) groups excluding carboxylic acids is 3. The summed E-state index contributed by atoms with van der Waals surface area (Å²) >= 11 is 0.